The number of thiocarbonyl (C=S) groups is 1. The Morgan fingerprint density at radius 3 is 2.44 bits per heavy atom. The van der Waals surface area contributed by atoms with E-state index in [9.17, 15) is 0 Å². The van der Waals surface area contributed by atoms with Gasteiger partial charge in [-0.3, -0.25) is 0 Å². The quantitative estimate of drug-likeness (QED) is 0.586. The Bertz CT molecular complexity index is 817. The number of rotatable bonds is 8. The van der Waals surface area contributed by atoms with Crippen molar-refractivity contribution in [3.63, 3.8) is 0 Å². The molecule has 0 aliphatic heterocycles. The number of ether oxygens (including phenoxy) is 1. The summed E-state index contributed by atoms with van der Waals surface area (Å²) in [6.45, 7) is 2.17. The van der Waals surface area contributed by atoms with E-state index in [4.69, 9.17) is 21.4 Å². The number of nitrogens with one attached hydrogen (secondary N) is 1. The third-order valence-electron chi connectivity index (χ3n) is 4.33. The van der Waals surface area contributed by atoms with E-state index in [1.165, 1.54) is 11.1 Å². The SMILES string of the molecule is COc1ccc(CCN(Cc2ccccc2)C(=S)NCc2ccco2)cc1. The molecule has 1 N–H and O–H groups in total. The normalized spacial score (nSPS) is 10.4. The molecule has 4 nitrogen and oxygen atoms in total. The van der Waals surface area contributed by atoms with Gasteiger partial charge in [-0.25, -0.2) is 0 Å². The topological polar surface area (TPSA) is 37.6 Å². The van der Waals surface area contributed by atoms with E-state index in [2.05, 4.69) is 46.6 Å². The van der Waals surface area contributed by atoms with E-state index in [1.807, 2.05) is 30.3 Å². The molecule has 0 aliphatic rings. The molecular weight excluding hydrogens is 356 g/mol. The summed E-state index contributed by atoms with van der Waals surface area (Å²) >= 11 is 5.66. The van der Waals surface area contributed by atoms with Crippen LogP contribution in [0.15, 0.2) is 77.4 Å². The molecule has 0 saturated heterocycles. The van der Waals surface area contributed by atoms with Crippen molar-refractivity contribution >= 4 is 17.3 Å². The molecule has 3 aromatic rings. The third kappa shape index (κ3) is 5.86. The lowest BCUT2D eigenvalue weighted by Crippen LogP contribution is -2.40. The zero-order valence-electron chi connectivity index (χ0n) is 15.4. The Morgan fingerprint density at radius 2 is 1.78 bits per heavy atom. The monoisotopic (exact) mass is 380 g/mol. The Hall–Kier alpha value is -2.79. The van der Waals surface area contributed by atoms with Crippen LogP contribution in [-0.2, 0) is 19.5 Å². The summed E-state index contributed by atoms with van der Waals surface area (Å²) in [7, 11) is 1.68. The van der Waals surface area contributed by atoms with Crippen molar-refractivity contribution in [1.82, 2.24) is 10.2 Å². The number of benzene rings is 2. The van der Waals surface area contributed by atoms with Gasteiger partial charge in [0.15, 0.2) is 5.11 Å². The molecule has 27 heavy (non-hydrogen) atoms. The molecule has 0 aliphatic carbocycles. The van der Waals surface area contributed by atoms with Crippen LogP contribution in [0.3, 0.4) is 0 Å². The van der Waals surface area contributed by atoms with Gasteiger partial charge in [0.1, 0.15) is 11.5 Å². The van der Waals surface area contributed by atoms with E-state index >= 15 is 0 Å². The van der Waals surface area contributed by atoms with Crippen LogP contribution in [0.1, 0.15) is 16.9 Å². The van der Waals surface area contributed by atoms with E-state index in [-0.39, 0.29) is 0 Å². The van der Waals surface area contributed by atoms with Gasteiger partial charge in [0, 0.05) is 13.1 Å². The van der Waals surface area contributed by atoms with Gasteiger partial charge in [-0.05, 0) is 54.0 Å². The summed E-state index contributed by atoms with van der Waals surface area (Å²) in [5.41, 5.74) is 2.48. The van der Waals surface area contributed by atoms with Crippen LogP contribution in [0.4, 0.5) is 0 Å². The fourth-order valence-electron chi connectivity index (χ4n) is 2.80. The highest BCUT2D eigenvalue weighted by Gasteiger charge is 2.11. The first-order chi connectivity index (χ1) is 13.2. The molecule has 140 valence electrons. The van der Waals surface area contributed by atoms with Crippen molar-refractivity contribution in [3.8, 4) is 5.75 Å². The minimum absolute atomic E-state index is 0.583. The third-order valence-corrected chi connectivity index (χ3v) is 4.73. The summed E-state index contributed by atoms with van der Waals surface area (Å²) in [4.78, 5) is 2.19. The smallest absolute Gasteiger partial charge is 0.169 e. The Balaban J connectivity index is 1.63. The average molecular weight is 381 g/mol. The lowest BCUT2D eigenvalue weighted by atomic mass is 10.1. The molecule has 0 fully saturated rings. The van der Waals surface area contributed by atoms with Gasteiger partial charge in [-0.15, -0.1) is 0 Å². The summed E-state index contributed by atoms with van der Waals surface area (Å²) in [5.74, 6) is 1.74. The molecule has 0 spiro atoms. The van der Waals surface area contributed by atoms with E-state index in [1.54, 1.807) is 13.4 Å². The van der Waals surface area contributed by atoms with E-state index in [0.29, 0.717) is 6.54 Å². The van der Waals surface area contributed by atoms with E-state index in [0.717, 1.165) is 36.1 Å². The predicted molar refractivity (Wildman–Crippen MR) is 112 cm³/mol. The molecule has 0 saturated carbocycles. The van der Waals surface area contributed by atoms with Gasteiger partial charge in [0.25, 0.3) is 0 Å². The maximum atomic E-state index is 5.66. The highest BCUT2D eigenvalue weighted by molar-refractivity contribution is 7.80. The standard InChI is InChI=1S/C22H24N2O2S/c1-25-20-11-9-18(10-12-20)13-14-24(17-19-6-3-2-4-7-19)22(27)23-16-21-8-5-15-26-21/h2-12,15H,13-14,16-17H2,1H3,(H,23,27). The lowest BCUT2D eigenvalue weighted by molar-refractivity contribution is 0.403. The van der Waals surface area contributed by atoms with Crippen LogP contribution in [0.2, 0.25) is 0 Å². The number of methoxy groups -OCH3 is 1. The zero-order chi connectivity index (χ0) is 18.9. The molecule has 3 rings (SSSR count). The van der Waals surface area contributed by atoms with Crippen LogP contribution < -0.4 is 10.1 Å². The maximum Gasteiger partial charge on any atom is 0.169 e. The highest BCUT2D eigenvalue weighted by atomic mass is 32.1. The van der Waals surface area contributed by atoms with E-state index < -0.39 is 0 Å². The minimum Gasteiger partial charge on any atom is -0.497 e. The second kappa shape index (κ2) is 9.78. The maximum absolute atomic E-state index is 5.66. The molecule has 0 bridgehead atoms. The van der Waals surface area contributed by atoms with Crippen molar-refractivity contribution in [2.75, 3.05) is 13.7 Å². The van der Waals surface area contributed by atoms with Crippen LogP contribution >= 0.6 is 12.2 Å². The van der Waals surface area contributed by atoms with Crippen molar-refractivity contribution in [1.29, 1.82) is 0 Å². The number of hydrogen-bond acceptors (Lipinski definition) is 3. The van der Waals surface area contributed by atoms with Crippen LogP contribution in [-0.4, -0.2) is 23.7 Å². The fourth-order valence-corrected chi connectivity index (χ4v) is 3.03. The fraction of sp³-hybridized carbons (Fsp3) is 0.227. The van der Waals surface area contributed by atoms with Crippen LogP contribution in [0, 0.1) is 0 Å². The van der Waals surface area contributed by atoms with Gasteiger partial charge in [-0.2, -0.15) is 0 Å². The molecular formula is C22H24N2O2S. The predicted octanol–water partition coefficient (Wildman–Crippen LogP) is 4.41. The van der Waals surface area contributed by atoms with Crippen molar-refractivity contribution in [2.45, 2.75) is 19.5 Å². The van der Waals surface area contributed by atoms with Gasteiger partial charge in [-0.1, -0.05) is 42.5 Å². The molecule has 2 aromatic carbocycles. The second-order valence-electron chi connectivity index (χ2n) is 6.24. The summed E-state index contributed by atoms with van der Waals surface area (Å²) < 4.78 is 10.6. The summed E-state index contributed by atoms with van der Waals surface area (Å²) in [6.07, 6.45) is 2.57. The molecule has 0 radical (unpaired) electrons. The summed E-state index contributed by atoms with van der Waals surface area (Å²) in [6, 6.07) is 22.4. The minimum atomic E-state index is 0.583. The molecule has 0 amide bonds. The van der Waals surface area contributed by atoms with Crippen LogP contribution in [0.25, 0.3) is 0 Å². The van der Waals surface area contributed by atoms with Crippen LogP contribution in [0.5, 0.6) is 5.75 Å². The first-order valence-corrected chi connectivity index (χ1v) is 9.37. The van der Waals surface area contributed by atoms with Gasteiger partial charge in [0.2, 0.25) is 0 Å². The molecule has 0 unspecified atom stereocenters. The highest BCUT2D eigenvalue weighted by Crippen LogP contribution is 2.13. The molecule has 5 heteroatoms. The first-order valence-electron chi connectivity index (χ1n) is 8.96. The number of hydrogen-bond donors (Lipinski definition) is 1. The molecule has 1 heterocycles. The Labute approximate surface area is 165 Å². The summed E-state index contributed by atoms with van der Waals surface area (Å²) in [5, 5.41) is 4.03. The second-order valence-corrected chi connectivity index (χ2v) is 6.63. The van der Waals surface area contributed by atoms with Gasteiger partial charge < -0.3 is 19.4 Å². The van der Waals surface area contributed by atoms with Crippen molar-refractivity contribution in [2.24, 2.45) is 0 Å². The number of nitrogens with zero attached hydrogens (tertiary/aromatic N) is 1. The first kappa shape index (κ1) is 19.0. The molecule has 1 aromatic heterocycles. The number of furan rings is 1. The van der Waals surface area contributed by atoms with Crippen molar-refractivity contribution in [3.05, 3.63) is 89.9 Å². The Kier molecular flexibility index (Phi) is 6.88. The zero-order valence-corrected chi connectivity index (χ0v) is 16.2. The van der Waals surface area contributed by atoms with Gasteiger partial charge in [0.05, 0.1) is 19.9 Å². The average Bonchev–Trinajstić information content (AvgIpc) is 3.24. The van der Waals surface area contributed by atoms with Gasteiger partial charge >= 0.3 is 0 Å². The lowest BCUT2D eigenvalue weighted by Gasteiger charge is -2.26. The van der Waals surface area contributed by atoms with Crippen molar-refractivity contribution < 1.29 is 9.15 Å². The largest absolute Gasteiger partial charge is 0.497 e. The molecule has 0 atom stereocenters. The Morgan fingerprint density at radius 1 is 1.00 bits per heavy atom.